The van der Waals surface area contributed by atoms with Crippen molar-refractivity contribution in [2.24, 2.45) is 17.8 Å². The van der Waals surface area contributed by atoms with Crippen LogP contribution >= 0.6 is 0 Å². The van der Waals surface area contributed by atoms with E-state index >= 15 is 0 Å². The lowest BCUT2D eigenvalue weighted by molar-refractivity contribution is -0.142. The number of pyridine rings is 1. The van der Waals surface area contributed by atoms with Crippen molar-refractivity contribution in [2.75, 3.05) is 13.2 Å². The van der Waals surface area contributed by atoms with Crippen LogP contribution in [0.3, 0.4) is 0 Å². The SMILES string of the molecule is CCCNC(=O)[C@H]1[C@H](CO)[C@H]2Cn3c(cccc3=O)[C@H]2N1C(=O)C1CC1. The van der Waals surface area contributed by atoms with Crippen LogP contribution in [0.25, 0.3) is 0 Å². The molecule has 0 radical (unpaired) electrons. The fourth-order valence-corrected chi connectivity index (χ4v) is 4.58. The van der Waals surface area contributed by atoms with Crippen molar-refractivity contribution in [1.82, 2.24) is 14.8 Å². The zero-order valence-corrected chi connectivity index (χ0v) is 14.9. The fraction of sp³-hybridized carbons (Fsp3) is 0.632. The van der Waals surface area contributed by atoms with Gasteiger partial charge >= 0.3 is 0 Å². The number of rotatable bonds is 5. The number of fused-ring (bicyclic) bond motifs is 3. The number of carbonyl (C=O) groups excluding carboxylic acids is 2. The van der Waals surface area contributed by atoms with Gasteiger partial charge in [0, 0.05) is 49.2 Å². The predicted octanol–water partition coefficient (Wildman–Crippen LogP) is 0.275. The molecule has 1 saturated heterocycles. The van der Waals surface area contributed by atoms with Crippen LogP contribution in [-0.4, -0.2) is 45.6 Å². The van der Waals surface area contributed by atoms with E-state index in [0.717, 1.165) is 25.0 Å². The number of aliphatic hydroxyl groups is 1. The molecule has 0 bridgehead atoms. The molecular weight excluding hydrogens is 334 g/mol. The number of carbonyl (C=O) groups is 2. The molecule has 1 aromatic rings. The topological polar surface area (TPSA) is 91.6 Å². The Morgan fingerprint density at radius 3 is 2.73 bits per heavy atom. The molecule has 26 heavy (non-hydrogen) atoms. The van der Waals surface area contributed by atoms with Gasteiger partial charge in [-0.2, -0.15) is 0 Å². The molecule has 140 valence electrons. The first kappa shape index (κ1) is 17.3. The Kier molecular flexibility index (Phi) is 4.34. The highest BCUT2D eigenvalue weighted by Gasteiger charge is 2.58. The molecule has 2 aliphatic heterocycles. The van der Waals surface area contributed by atoms with Gasteiger partial charge in [-0.3, -0.25) is 14.4 Å². The highest BCUT2D eigenvalue weighted by molar-refractivity contribution is 5.91. The van der Waals surface area contributed by atoms with Crippen LogP contribution in [0.15, 0.2) is 23.0 Å². The summed E-state index contributed by atoms with van der Waals surface area (Å²) in [6, 6.07) is 4.09. The monoisotopic (exact) mass is 359 g/mol. The summed E-state index contributed by atoms with van der Waals surface area (Å²) in [4.78, 5) is 39.9. The number of likely N-dealkylation sites (tertiary alicyclic amines) is 1. The molecule has 4 atom stereocenters. The number of hydrogen-bond acceptors (Lipinski definition) is 4. The van der Waals surface area contributed by atoms with Gasteiger partial charge in [-0.05, 0) is 25.3 Å². The summed E-state index contributed by atoms with van der Waals surface area (Å²) >= 11 is 0. The molecule has 0 unspecified atom stereocenters. The molecule has 2 amide bonds. The normalized spacial score (nSPS) is 29.4. The molecule has 0 aromatic carbocycles. The highest BCUT2D eigenvalue weighted by Crippen LogP contribution is 2.51. The summed E-state index contributed by atoms with van der Waals surface area (Å²) in [5, 5.41) is 12.9. The predicted molar refractivity (Wildman–Crippen MR) is 94.2 cm³/mol. The number of nitrogens with zero attached hydrogens (tertiary/aromatic N) is 2. The van der Waals surface area contributed by atoms with Crippen LogP contribution in [-0.2, 0) is 16.1 Å². The number of aromatic nitrogens is 1. The molecule has 2 N–H and O–H groups in total. The van der Waals surface area contributed by atoms with Crippen LogP contribution in [0, 0.1) is 17.8 Å². The van der Waals surface area contributed by atoms with E-state index in [0.29, 0.717) is 13.1 Å². The van der Waals surface area contributed by atoms with Gasteiger partial charge in [-0.25, -0.2) is 0 Å². The van der Waals surface area contributed by atoms with Crippen LogP contribution < -0.4 is 10.9 Å². The molecule has 1 saturated carbocycles. The van der Waals surface area contributed by atoms with Crippen LogP contribution in [0.5, 0.6) is 0 Å². The maximum atomic E-state index is 13.1. The zero-order valence-electron chi connectivity index (χ0n) is 14.9. The smallest absolute Gasteiger partial charge is 0.250 e. The molecule has 0 spiro atoms. The average molecular weight is 359 g/mol. The summed E-state index contributed by atoms with van der Waals surface area (Å²) in [5.74, 6) is -0.718. The third kappa shape index (κ3) is 2.57. The second-order valence-electron chi connectivity index (χ2n) is 7.61. The largest absolute Gasteiger partial charge is 0.396 e. The highest BCUT2D eigenvalue weighted by atomic mass is 16.3. The molecule has 3 heterocycles. The van der Waals surface area contributed by atoms with Crippen molar-refractivity contribution >= 4 is 11.8 Å². The van der Waals surface area contributed by atoms with Gasteiger partial charge in [-0.1, -0.05) is 13.0 Å². The van der Waals surface area contributed by atoms with Gasteiger partial charge in [-0.15, -0.1) is 0 Å². The summed E-state index contributed by atoms with van der Waals surface area (Å²) in [6.45, 7) is 2.78. The number of amides is 2. The van der Waals surface area contributed by atoms with Gasteiger partial charge < -0.3 is 19.9 Å². The van der Waals surface area contributed by atoms with Crippen molar-refractivity contribution in [1.29, 1.82) is 0 Å². The molecule has 2 fully saturated rings. The Hall–Kier alpha value is -2.15. The molecule has 7 heteroatoms. The van der Waals surface area contributed by atoms with E-state index in [-0.39, 0.29) is 47.8 Å². The van der Waals surface area contributed by atoms with E-state index in [1.807, 2.05) is 13.0 Å². The summed E-state index contributed by atoms with van der Waals surface area (Å²) in [5.41, 5.74) is 0.681. The second kappa shape index (κ2) is 6.54. The van der Waals surface area contributed by atoms with Crippen LogP contribution in [0.4, 0.5) is 0 Å². The minimum absolute atomic E-state index is 0.0163. The standard InChI is InChI=1S/C19H25N3O4/c1-2-8-20-18(25)17-13(10-23)12-9-21-14(4-3-5-15(21)24)16(12)22(17)19(26)11-6-7-11/h3-5,11-13,16-17,23H,2,6-10H2,1H3,(H,20,25)/t12-,13-,16+,17-/m1/s1. The Morgan fingerprint density at radius 1 is 1.31 bits per heavy atom. The first-order chi connectivity index (χ1) is 12.6. The lowest BCUT2D eigenvalue weighted by Crippen LogP contribution is -2.51. The van der Waals surface area contributed by atoms with E-state index in [9.17, 15) is 19.5 Å². The summed E-state index contributed by atoms with van der Waals surface area (Å²) in [7, 11) is 0. The van der Waals surface area contributed by atoms with E-state index in [1.54, 1.807) is 15.5 Å². The molecule has 4 rings (SSSR count). The van der Waals surface area contributed by atoms with Gasteiger partial charge in [0.1, 0.15) is 6.04 Å². The van der Waals surface area contributed by atoms with Crippen molar-refractivity contribution in [2.45, 2.75) is 44.8 Å². The third-order valence-corrected chi connectivity index (χ3v) is 5.95. The van der Waals surface area contributed by atoms with E-state index in [4.69, 9.17) is 0 Å². The van der Waals surface area contributed by atoms with E-state index in [1.165, 1.54) is 6.07 Å². The van der Waals surface area contributed by atoms with Crippen molar-refractivity contribution < 1.29 is 14.7 Å². The minimum Gasteiger partial charge on any atom is -0.396 e. The molecule has 1 aliphatic carbocycles. The lowest BCUT2D eigenvalue weighted by Gasteiger charge is -2.31. The molecular formula is C19H25N3O4. The van der Waals surface area contributed by atoms with Gasteiger partial charge in [0.2, 0.25) is 11.8 Å². The number of aliphatic hydroxyl groups excluding tert-OH is 1. The van der Waals surface area contributed by atoms with E-state index in [2.05, 4.69) is 5.32 Å². The average Bonchev–Trinajstić information content (AvgIpc) is 3.34. The first-order valence-electron chi connectivity index (χ1n) is 9.49. The second-order valence-corrected chi connectivity index (χ2v) is 7.61. The zero-order chi connectivity index (χ0) is 18.4. The first-order valence-corrected chi connectivity index (χ1v) is 9.49. The number of hydrogen-bond donors (Lipinski definition) is 2. The number of nitrogens with one attached hydrogen (secondary N) is 1. The molecule has 3 aliphatic rings. The molecule has 7 nitrogen and oxygen atoms in total. The Morgan fingerprint density at radius 2 is 2.08 bits per heavy atom. The summed E-state index contributed by atoms with van der Waals surface area (Å²) in [6.07, 6.45) is 2.51. The van der Waals surface area contributed by atoms with Crippen molar-refractivity contribution in [3.63, 3.8) is 0 Å². The minimum atomic E-state index is -0.668. The van der Waals surface area contributed by atoms with Crippen LogP contribution in [0.2, 0.25) is 0 Å². The van der Waals surface area contributed by atoms with Crippen molar-refractivity contribution in [3.8, 4) is 0 Å². The van der Waals surface area contributed by atoms with Crippen molar-refractivity contribution in [3.05, 3.63) is 34.2 Å². The Balaban J connectivity index is 1.76. The summed E-state index contributed by atoms with van der Waals surface area (Å²) < 4.78 is 1.69. The van der Waals surface area contributed by atoms with E-state index < -0.39 is 6.04 Å². The maximum Gasteiger partial charge on any atom is 0.250 e. The van der Waals surface area contributed by atoms with Gasteiger partial charge in [0.05, 0.1) is 6.04 Å². The Labute approximate surface area is 152 Å². The third-order valence-electron chi connectivity index (χ3n) is 5.95. The molecule has 1 aromatic heterocycles. The van der Waals surface area contributed by atoms with Gasteiger partial charge in [0.15, 0.2) is 0 Å². The lowest BCUT2D eigenvalue weighted by atomic mass is 9.88. The fourth-order valence-electron chi connectivity index (χ4n) is 4.58. The quantitative estimate of drug-likeness (QED) is 0.790. The maximum absolute atomic E-state index is 13.1. The Bertz CT molecular complexity index is 785. The van der Waals surface area contributed by atoms with Crippen LogP contribution in [0.1, 0.15) is 37.9 Å². The van der Waals surface area contributed by atoms with Gasteiger partial charge in [0.25, 0.3) is 5.56 Å².